The molecule has 1 unspecified atom stereocenters. The summed E-state index contributed by atoms with van der Waals surface area (Å²) in [6.45, 7) is 0. The van der Waals surface area contributed by atoms with Gasteiger partial charge in [-0.05, 0) is 12.1 Å². The van der Waals surface area contributed by atoms with Gasteiger partial charge in [0.05, 0.1) is 29.1 Å². The second-order valence-electron chi connectivity index (χ2n) is 5.09. The predicted molar refractivity (Wildman–Crippen MR) is 94.2 cm³/mol. The number of benzene rings is 1. The van der Waals surface area contributed by atoms with Crippen LogP contribution in [-0.4, -0.2) is 63.0 Å². The van der Waals surface area contributed by atoms with Crippen LogP contribution in [0.25, 0.3) is 0 Å². The number of halogens is 1. The fraction of sp³-hybridized carbons (Fsp3) is 0.167. The van der Waals surface area contributed by atoms with Crippen LogP contribution in [-0.2, 0) is 16.6 Å². The van der Waals surface area contributed by atoms with Crippen molar-refractivity contribution in [2.24, 2.45) is 4.99 Å². The number of rotatable bonds is 4. The molecule has 1 atom stereocenters. The van der Waals surface area contributed by atoms with Gasteiger partial charge in [-0.2, -0.15) is 0 Å². The van der Waals surface area contributed by atoms with E-state index in [1.54, 1.807) is 18.2 Å². The fourth-order valence-corrected chi connectivity index (χ4v) is 2.93. The molecule has 2 rings (SSSR count). The second kappa shape index (κ2) is 6.97. The van der Waals surface area contributed by atoms with Crippen molar-refractivity contribution in [3.05, 3.63) is 58.3 Å². The summed E-state index contributed by atoms with van der Waals surface area (Å²) >= 11 is -2.14. The molecule has 1 aromatic heterocycles. The van der Waals surface area contributed by atoms with E-state index < -0.39 is 39.1 Å². The molecule has 25 heavy (non-hydrogen) atoms. The molecule has 13 heteroatoms. The minimum atomic E-state index is -2.73. The van der Waals surface area contributed by atoms with Crippen molar-refractivity contribution in [2.45, 2.75) is 15.7 Å². The Morgan fingerprint density at radius 3 is 2.20 bits per heavy atom. The maximum atomic E-state index is 14.4. The van der Waals surface area contributed by atoms with Crippen LogP contribution in [0.2, 0.25) is 0 Å². The summed E-state index contributed by atoms with van der Waals surface area (Å²) in [7, 11) is 26.6. The number of aliphatic hydroxyl groups is 1. The van der Waals surface area contributed by atoms with Crippen molar-refractivity contribution >= 4 is 50.6 Å². The predicted octanol–water partition coefficient (Wildman–Crippen LogP) is -2.73. The summed E-state index contributed by atoms with van der Waals surface area (Å²) < 4.78 is 27.7. The number of hydrogen-bond acceptors (Lipinski definition) is 4. The lowest BCUT2D eigenvalue weighted by Gasteiger charge is -2.26. The molecular weight excluding hydrogens is 339 g/mol. The van der Waals surface area contributed by atoms with E-state index in [0.717, 1.165) is 0 Å². The third-order valence-electron chi connectivity index (χ3n) is 2.83. The Kier molecular flexibility index (Phi) is 5.51. The molecule has 0 aliphatic rings. The molecule has 6 nitrogen and oxygen atoms in total. The minimum absolute atomic E-state index is 0.200. The summed E-state index contributed by atoms with van der Waals surface area (Å²) in [5, 5.41) is 6.90. The molecule has 0 aliphatic carbocycles. The molecule has 0 bridgehead atoms. The number of hydrogen-bond donors (Lipinski definition) is 1. The molecule has 1 N–H and O–H groups in total. The standard InChI is InChI=1S/C12H7B5FN3O3S/c13-11(14,15)21-9(19-12(16,17)23)8(18)6-20(10(21)22)25(24)7-4-2-1-3-5-7/h1-6,23H. The summed E-state index contributed by atoms with van der Waals surface area (Å²) in [6.07, 6.45) is 0.582. The van der Waals surface area contributed by atoms with Gasteiger partial charge in [0.2, 0.25) is 0 Å². The van der Waals surface area contributed by atoms with Gasteiger partial charge in [0.15, 0.2) is 16.2 Å². The van der Waals surface area contributed by atoms with Gasteiger partial charge in [-0.3, -0.25) is 9.56 Å². The molecule has 0 spiro atoms. The Bertz CT molecular complexity index is 892. The molecule has 0 saturated carbocycles. The van der Waals surface area contributed by atoms with Crippen LogP contribution in [0.15, 0.2) is 51.2 Å². The Balaban J connectivity index is 2.82. The third kappa shape index (κ3) is 4.53. The second-order valence-corrected chi connectivity index (χ2v) is 6.45. The fourth-order valence-electron chi connectivity index (χ4n) is 1.90. The van der Waals surface area contributed by atoms with Gasteiger partial charge in [-0.25, -0.2) is 9.18 Å². The maximum Gasteiger partial charge on any atom is 0.370 e. The zero-order chi connectivity index (χ0) is 19.0. The van der Waals surface area contributed by atoms with Crippen molar-refractivity contribution in [1.82, 2.24) is 8.54 Å². The number of aromatic nitrogens is 2. The van der Waals surface area contributed by atoms with Crippen molar-refractivity contribution in [3.63, 3.8) is 0 Å². The molecule has 0 fully saturated rings. The van der Waals surface area contributed by atoms with Crippen LogP contribution in [0, 0.1) is 5.82 Å². The van der Waals surface area contributed by atoms with Crippen molar-refractivity contribution in [3.8, 4) is 0 Å². The maximum absolute atomic E-state index is 14.4. The Morgan fingerprint density at radius 1 is 1.16 bits per heavy atom. The van der Waals surface area contributed by atoms with Crippen LogP contribution in [0.3, 0.4) is 0 Å². The van der Waals surface area contributed by atoms with Gasteiger partial charge in [0.25, 0.3) is 0 Å². The van der Waals surface area contributed by atoms with Gasteiger partial charge >= 0.3 is 5.69 Å². The van der Waals surface area contributed by atoms with E-state index in [1.165, 1.54) is 12.1 Å². The van der Waals surface area contributed by atoms with E-state index in [-0.39, 0.29) is 9.46 Å². The quantitative estimate of drug-likeness (QED) is 0.482. The monoisotopic (exact) mass is 347 g/mol. The summed E-state index contributed by atoms with van der Waals surface area (Å²) in [4.78, 5) is 16.0. The molecule has 10 radical (unpaired) electrons. The Labute approximate surface area is 152 Å². The highest BCUT2D eigenvalue weighted by Crippen LogP contribution is 2.11. The molecule has 0 saturated heterocycles. The smallest absolute Gasteiger partial charge is 0.370 e. The summed E-state index contributed by atoms with van der Waals surface area (Å²) in [5.41, 5.74) is -4.81. The third-order valence-corrected chi connectivity index (χ3v) is 4.13. The van der Waals surface area contributed by atoms with Crippen LogP contribution < -0.4 is 11.2 Å². The summed E-state index contributed by atoms with van der Waals surface area (Å²) in [5.74, 6) is -1.25. The Morgan fingerprint density at radius 2 is 1.72 bits per heavy atom. The molecule has 0 aliphatic heterocycles. The highest BCUT2D eigenvalue weighted by molar-refractivity contribution is 7.89. The van der Waals surface area contributed by atoms with Crippen LogP contribution in [0.4, 0.5) is 4.39 Å². The van der Waals surface area contributed by atoms with Gasteiger partial charge in [-0.15, -0.1) is 3.97 Å². The van der Waals surface area contributed by atoms with Gasteiger partial charge in [-0.1, -0.05) is 23.4 Å². The average Bonchev–Trinajstić information content (AvgIpc) is 2.48. The SMILES string of the molecule is [B]C([B])(O)N=c1c(F)cn([S+]([O-])c2ccccc2)c(=O)n1C([B])([B])[B]. The van der Waals surface area contributed by atoms with Crippen LogP contribution in [0.1, 0.15) is 0 Å². The van der Waals surface area contributed by atoms with Crippen molar-refractivity contribution in [2.75, 3.05) is 0 Å². The van der Waals surface area contributed by atoms with E-state index in [0.29, 0.717) is 10.2 Å². The molecule has 1 aromatic carbocycles. The highest BCUT2D eigenvalue weighted by atomic mass is 32.2. The Hall–Kier alpha value is -1.58. The number of nitrogens with zero attached hydrogens (tertiary/aromatic N) is 3. The molecular formula is C12H7B5FN3O3S. The van der Waals surface area contributed by atoms with E-state index in [4.69, 9.17) is 39.2 Å². The zero-order valence-electron chi connectivity index (χ0n) is 12.7. The lowest BCUT2D eigenvalue weighted by molar-refractivity contribution is 0.216. The van der Waals surface area contributed by atoms with Crippen LogP contribution >= 0.6 is 0 Å². The molecule has 2 aromatic rings. The lowest BCUT2D eigenvalue weighted by Crippen LogP contribution is -2.55. The minimum Gasteiger partial charge on any atom is -0.587 e. The van der Waals surface area contributed by atoms with E-state index in [2.05, 4.69) is 4.99 Å². The van der Waals surface area contributed by atoms with E-state index >= 15 is 0 Å². The highest BCUT2D eigenvalue weighted by Gasteiger charge is 2.26. The lowest BCUT2D eigenvalue weighted by atomic mass is 9.49. The van der Waals surface area contributed by atoms with Gasteiger partial charge < -0.3 is 9.66 Å². The van der Waals surface area contributed by atoms with Gasteiger partial charge in [0, 0.05) is 0 Å². The first-order valence-electron chi connectivity index (χ1n) is 6.66. The molecule has 0 amide bonds. The van der Waals surface area contributed by atoms with E-state index in [9.17, 15) is 18.8 Å². The topological polar surface area (TPSA) is 82.6 Å². The normalized spacial score (nSPS) is 14.4. The van der Waals surface area contributed by atoms with Gasteiger partial charge in [0.1, 0.15) is 33.3 Å². The molecule has 116 valence electrons. The van der Waals surface area contributed by atoms with Crippen molar-refractivity contribution < 1.29 is 14.0 Å². The average molecular weight is 346 g/mol. The van der Waals surface area contributed by atoms with E-state index in [1.807, 2.05) is 0 Å². The van der Waals surface area contributed by atoms with Crippen molar-refractivity contribution in [1.29, 1.82) is 0 Å². The first kappa shape index (κ1) is 19.7. The first-order chi connectivity index (χ1) is 11.4. The zero-order valence-corrected chi connectivity index (χ0v) is 13.6. The van der Waals surface area contributed by atoms with Crippen LogP contribution in [0.5, 0.6) is 0 Å². The largest absolute Gasteiger partial charge is 0.587 e. The summed E-state index contributed by atoms with van der Waals surface area (Å²) in [6, 6.07) is 7.74. The molecule has 1 heterocycles. The first-order valence-corrected chi connectivity index (χ1v) is 7.77.